The zero-order valence-electron chi connectivity index (χ0n) is 13.4. The molecule has 0 radical (unpaired) electrons. The predicted molar refractivity (Wildman–Crippen MR) is 82.8 cm³/mol. The maximum absolute atomic E-state index is 12.1. The molecular weight excluding hydrogens is 284 g/mol. The van der Waals surface area contributed by atoms with E-state index < -0.39 is 5.60 Å². The highest BCUT2D eigenvalue weighted by Gasteiger charge is 2.27. The van der Waals surface area contributed by atoms with Crippen LogP contribution in [0.25, 0.3) is 0 Å². The van der Waals surface area contributed by atoms with Crippen LogP contribution in [0, 0.1) is 0 Å². The van der Waals surface area contributed by atoms with Crippen LogP contribution in [0.3, 0.4) is 0 Å². The molecule has 0 atom stereocenters. The van der Waals surface area contributed by atoms with E-state index in [0.29, 0.717) is 32.6 Å². The molecule has 7 heteroatoms. The lowest BCUT2D eigenvalue weighted by Gasteiger charge is -2.36. The quantitative estimate of drug-likeness (QED) is 0.900. The van der Waals surface area contributed by atoms with E-state index in [4.69, 9.17) is 9.84 Å². The van der Waals surface area contributed by atoms with Gasteiger partial charge in [-0.25, -0.2) is 9.78 Å². The third kappa shape index (κ3) is 4.30. The van der Waals surface area contributed by atoms with Gasteiger partial charge in [0.05, 0.1) is 5.69 Å². The first kappa shape index (κ1) is 16.5. The van der Waals surface area contributed by atoms with Crippen LogP contribution in [0.4, 0.5) is 10.6 Å². The van der Waals surface area contributed by atoms with Crippen LogP contribution in [0.1, 0.15) is 26.5 Å². The number of nitrogens with zero attached hydrogens (tertiary/aromatic N) is 4. The minimum absolute atomic E-state index is 0.0452. The van der Waals surface area contributed by atoms with Crippen molar-refractivity contribution < 1.29 is 14.6 Å². The van der Waals surface area contributed by atoms with Crippen LogP contribution >= 0.6 is 0 Å². The van der Waals surface area contributed by atoms with Crippen molar-refractivity contribution in [2.24, 2.45) is 0 Å². The van der Waals surface area contributed by atoms with Crippen LogP contribution in [0.2, 0.25) is 0 Å². The maximum Gasteiger partial charge on any atom is 0.410 e. The zero-order chi connectivity index (χ0) is 16.2. The van der Waals surface area contributed by atoms with Crippen molar-refractivity contribution in [2.75, 3.05) is 37.7 Å². The fraction of sp³-hybridized carbons (Fsp3) is 0.667. The lowest BCUT2D eigenvalue weighted by molar-refractivity contribution is 0.0240. The zero-order valence-corrected chi connectivity index (χ0v) is 13.4. The molecule has 7 nitrogen and oxygen atoms in total. The van der Waals surface area contributed by atoms with Crippen molar-refractivity contribution in [1.29, 1.82) is 0 Å². The number of hydrogen-bond donors (Lipinski definition) is 1. The first-order valence-corrected chi connectivity index (χ1v) is 7.54. The van der Waals surface area contributed by atoms with Crippen LogP contribution in [-0.4, -0.2) is 64.5 Å². The lowest BCUT2D eigenvalue weighted by Crippen LogP contribution is -2.50. The van der Waals surface area contributed by atoms with Crippen molar-refractivity contribution in [3.8, 4) is 0 Å². The molecule has 1 aliphatic heterocycles. The van der Waals surface area contributed by atoms with Crippen LogP contribution < -0.4 is 4.90 Å². The number of aromatic nitrogens is 2. The maximum atomic E-state index is 12.1. The van der Waals surface area contributed by atoms with Gasteiger partial charge in [0.25, 0.3) is 0 Å². The van der Waals surface area contributed by atoms with Gasteiger partial charge in [0.2, 0.25) is 0 Å². The van der Waals surface area contributed by atoms with Gasteiger partial charge in [0, 0.05) is 51.6 Å². The third-order valence-corrected chi connectivity index (χ3v) is 3.33. The summed E-state index contributed by atoms with van der Waals surface area (Å²) in [6.45, 7) is 8.16. The molecule has 22 heavy (non-hydrogen) atoms. The summed E-state index contributed by atoms with van der Waals surface area (Å²) >= 11 is 0. The molecule has 122 valence electrons. The molecule has 0 aliphatic carbocycles. The summed E-state index contributed by atoms with van der Waals surface area (Å²) in [5.74, 6) is 0.792. The Kier molecular flexibility index (Phi) is 5.18. The molecule has 2 heterocycles. The molecule has 0 unspecified atom stereocenters. The van der Waals surface area contributed by atoms with E-state index in [0.717, 1.165) is 11.5 Å². The van der Waals surface area contributed by atoms with E-state index in [-0.39, 0.29) is 12.7 Å². The molecule has 1 aliphatic rings. The standard InChI is InChI=1S/C15H24N4O3/c1-15(2,3)22-14(21)19-9-7-18(8-10-19)13-12(4-11-20)16-5-6-17-13/h5-6,20H,4,7-11H2,1-3H3. The minimum Gasteiger partial charge on any atom is -0.444 e. The molecular formula is C15H24N4O3. The largest absolute Gasteiger partial charge is 0.444 e. The second-order valence-electron chi connectivity index (χ2n) is 6.25. The van der Waals surface area contributed by atoms with Crippen LogP contribution in [0.5, 0.6) is 0 Å². The van der Waals surface area contributed by atoms with Gasteiger partial charge in [-0.05, 0) is 20.8 Å². The molecule has 1 N–H and O–H groups in total. The highest BCUT2D eigenvalue weighted by atomic mass is 16.6. The molecule has 0 spiro atoms. The normalized spacial score (nSPS) is 15.8. The Hall–Kier alpha value is -1.89. The fourth-order valence-corrected chi connectivity index (χ4v) is 2.33. The first-order chi connectivity index (χ1) is 10.4. The Morgan fingerprint density at radius 2 is 1.86 bits per heavy atom. The molecule has 0 saturated carbocycles. The number of hydrogen-bond acceptors (Lipinski definition) is 6. The van der Waals surface area contributed by atoms with Gasteiger partial charge >= 0.3 is 6.09 Å². The minimum atomic E-state index is -0.479. The molecule has 0 aromatic carbocycles. The van der Waals surface area contributed by atoms with E-state index in [2.05, 4.69) is 14.9 Å². The number of aliphatic hydroxyl groups is 1. The molecule has 0 bridgehead atoms. The monoisotopic (exact) mass is 308 g/mol. The second-order valence-corrected chi connectivity index (χ2v) is 6.25. The van der Waals surface area contributed by atoms with E-state index >= 15 is 0 Å². The molecule has 1 aromatic heterocycles. The predicted octanol–water partition coefficient (Wildman–Crippen LogP) is 1.07. The highest BCUT2D eigenvalue weighted by Crippen LogP contribution is 2.18. The van der Waals surface area contributed by atoms with Gasteiger partial charge < -0.3 is 19.6 Å². The van der Waals surface area contributed by atoms with Crippen molar-refractivity contribution >= 4 is 11.9 Å². The van der Waals surface area contributed by atoms with E-state index in [1.54, 1.807) is 17.3 Å². The summed E-state index contributed by atoms with van der Waals surface area (Å²) in [7, 11) is 0. The average molecular weight is 308 g/mol. The summed E-state index contributed by atoms with van der Waals surface area (Å²) in [6, 6.07) is 0. The van der Waals surface area contributed by atoms with Gasteiger partial charge in [-0.3, -0.25) is 4.98 Å². The van der Waals surface area contributed by atoms with Crippen LogP contribution in [-0.2, 0) is 11.2 Å². The number of rotatable bonds is 3. The Morgan fingerprint density at radius 1 is 1.23 bits per heavy atom. The molecule has 1 aromatic rings. The van der Waals surface area contributed by atoms with Crippen molar-refractivity contribution in [1.82, 2.24) is 14.9 Å². The molecule has 1 saturated heterocycles. The summed E-state index contributed by atoms with van der Waals surface area (Å²) in [6.07, 6.45) is 3.49. The van der Waals surface area contributed by atoms with Gasteiger partial charge in [0.1, 0.15) is 5.60 Å². The number of piperazine rings is 1. The van der Waals surface area contributed by atoms with Gasteiger partial charge in [-0.2, -0.15) is 0 Å². The van der Waals surface area contributed by atoms with E-state index in [1.807, 2.05) is 20.8 Å². The topological polar surface area (TPSA) is 78.8 Å². The number of anilines is 1. The molecule has 1 fully saturated rings. The Morgan fingerprint density at radius 3 is 2.45 bits per heavy atom. The van der Waals surface area contributed by atoms with E-state index in [1.165, 1.54) is 0 Å². The van der Waals surface area contributed by atoms with Crippen LogP contribution in [0.15, 0.2) is 12.4 Å². The van der Waals surface area contributed by atoms with Gasteiger partial charge in [-0.15, -0.1) is 0 Å². The first-order valence-electron chi connectivity index (χ1n) is 7.54. The number of amides is 1. The van der Waals surface area contributed by atoms with Crippen molar-refractivity contribution in [2.45, 2.75) is 32.8 Å². The number of carbonyl (C=O) groups excluding carboxylic acids is 1. The van der Waals surface area contributed by atoms with Gasteiger partial charge in [-0.1, -0.05) is 0 Å². The summed E-state index contributed by atoms with van der Waals surface area (Å²) in [5, 5.41) is 9.11. The van der Waals surface area contributed by atoms with Gasteiger partial charge in [0.15, 0.2) is 5.82 Å². The lowest BCUT2D eigenvalue weighted by atomic mass is 10.2. The number of carbonyl (C=O) groups is 1. The molecule has 1 amide bonds. The third-order valence-electron chi connectivity index (χ3n) is 3.33. The Bertz CT molecular complexity index is 508. The molecule has 2 rings (SSSR count). The number of ether oxygens (including phenoxy) is 1. The summed E-state index contributed by atoms with van der Waals surface area (Å²) < 4.78 is 5.39. The summed E-state index contributed by atoms with van der Waals surface area (Å²) in [5.41, 5.74) is 0.309. The smallest absolute Gasteiger partial charge is 0.410 e. The Labute approximate surface area is 130 Å². The highest BCUT2D eigenvalue weighted by molar-refractivity contribution is 5.68. The Balaban J connectivity index is 1.96. The number of aliphatic hydroxyl groups excluding tert-OH is 1. The van der Waals surface area contributed by atoms with Crippen molar-refractivity contribution in [3.63, 3.8) is 0 Å². The average Bonchev–Trinajstić information content (AvgIpc) is 2.47. The fourth-order valence-electron chi connectivity index (χ4n) is 2.33. The summed E-state index contributed by atoms with van der Waals surface area (Å²) in [4.78, 5) is 24.5. The van der Waals surface area contributed by atoms with Crippen molar-refractivity contribution in [3.05, 3.63) is 18.1 Å². The SMILES string of the molecule is CC(C)(C)OC(=O)N1CCN(c2nccnc2CCO)CC1. The second kappa shape index (κ2) is 6.91. The van der Waals surface area contributed by atoms with E-state index in [9.17, 15) is 4.79 Å².